The average molecular weight is 271 g/mol. The second kappa shape index (κ2) is 4.37. The molecule has 5 nitrogen and oxygen atoms in total. The Balaban J connectivity index is 2.44. The Bertz CT molecular complexity index is 827. The molecule has 0 aliphatic rings. The molecule has 2 aromatic heterocycles. The number of carboxylic acids is 1. The van der Waals surface area contributed by atoms with Crippen molar-refractivity contribution >= 4 is 22.8 Å². The summed E-state index contributed by atoms with van der Waals surface area (Å²) in [6, 6.07) is 6.07. The quantitative estimate of drug-likeness (QED) is 0.795. The SMILES string of the molecule is CCc1cccc2c1nc1n(C)c(C)c(CC(=O)O)n21. The number of para-hydroxylation sites is 1. The number of aryl methyl sites for hydroxylation is 2. The van der Waals surface area contributed by atoms with Crippen LogP contribution in [0, 0.1) is 6.92 Å². The fourth-order valence-electron chi connectivity index (χ4n) is 2.78. The third-order valence-electron chi connectivity index (χ3n) is 3.94. The molecule has 0 aliphatic carbocycles. The van der Waals surface area contributed by atoms with Gasteiger partial charge in [-0.2, -0.15) is 0 Å². The summed E-state index contributed by atoms with van der Waals surface area (Å²) < 4.78 is 3.93. The molecule has 1 N–H and O–H groups in total. The molecule has 0 amide bonds. The lowest BCUT2D eigenvalue weighted by molar-refractivity contribution is -0.136. The summed E-state index contributed by atoms with van der Waals surface area (Å²) >= 11 is 0. The minimum absolute atomic E-state index is 0.00495. The first kappa shape index (κ1) is 12.7. The molecule has 0 aliphatic heterocycles. The van der Waals surface area contributed by atoms with E-state index >= 15 is 0 Å². The van der Waals surface area contributed by atoms with E-state index in [0.29, 0.717) is 0 Å². The predicted molar refractivity (Wildman–Crippen MR) is 77.1 cm³/mol. The van der Waals surface area contributed by atoms with Gasteiger partial charge in [-0.25, -0.2) is 4.98 Å². The molecule has 104 valence electrons. The number of hydrogen-bond donors (Lipinski definition) is 1. The predicted octanol–water partition coefficient (Wildman–Crippen LogP) is 2.32. The summed E-state index contributed by atoms with van der Waals surface area (Å²) in [7, 11) is 1.92. The maximum absolute atomic E-state index is 11.1. The maximum Gasteiger partial charge on any atom is 0.309 e. The lowest BCUT2D eigenvalue weighted by Gasteiger charge is -2.02. The summed E-state index contributed by atoms with van der Waals surface area (Å²) in [5, 5.41) is 9.13. The monoisotopic (exact) mass is 271 g/mol. The van der Waals surface area contributed by atoms with Crippen molar-refractivity contribution in [1.82, 2.24) is 14.0 Å². The van der Waals surface area contributed by atoms with Crippen molar-refractivity contribution in [2.24, 2.45) is 7.05 Å². The molecule has 1 aromatic carbocycles. The Kier molecular flexibility index (Phi) is 2.78. The highest BCUT2D eigenvalue weighted by Crippen LogP contribution is 2.25. The Morgan fingerprint density at radius 1 is 1.40 bits per heavy atom. The van der Waals surface area contributed by atoms with Crippen molar-refractivity contribution in [2.75, 3.05) is 0 Å². The van der Waals surface area contributed by atoms with E-state index < -0.39 is 5.97 Å². The molecule has 5 heteroatoms. The number of imidazole rings is 2. The summed E-state index contributed by atoms with van der Waals surface area (Å²) in [6.07, 6.45) is 0.916. The van der Waals surface area contributed by atoms with Crippen LogP contribution in [-0.4, -0.2) is 25.0 Å². The zero-order valence-electron chi connectivity index (χ0n) is 11.8. The molecular formula is C15H17N3O2. The largest absolute Gasteiger partial charge is 0.481 e. The first-order valence-corrected chi connectivity index (χ1v) is 6.70. The molecule has 3 aromatic rings. The van der Waals surface area contributed by atoms with Gasteiger partial charge in [-0.3, -0.25) is 9.20 Å². The summed E-state index contributed by atoms with van der Waals surface area (Å²) in [4.78, 5) is 15.8. The molecule has 3 rings (SSSR count). The minimum Gasteiger partial charge on any atom is -0.481 e. The molecule has 0 saturated carbocycles. The van der Waals surface area contributed by atoms with Gasteiger partial charge in [0, 0.05) is 12.7 Å². The van der Waals surface area contributed by atoms with Crippen molar-refractivity contribution < 1.29 is 9.90 Å². The number of benzene rings is 1. The van der Waals surface area contributed by atoms with Crippen LogP contribution in [0.4, 0.5) is 0 Å². The Labute approximate surface area is 116 Å². The van der Waals surface area contributed by atoms with E-state index in [1.54, 1.807) is 0 Å². The zero-order chi connectivity index (χ0) is 14.4. The van der Waals surface area contributed by atoms with Crippen molar-refractivity contribution in [3.05, 3.63) is 35.2 Å². The molecule has 20 heavy (non-hydrogen) atoms. The molecule has 2 heterocycles. The summed E-state index contributed by atoms with van der Waals surface area (Å²) in [5.41, 5.74) is 4.88. The topological polar surface area (TPSA) is 59.5 Å². The van der Waals surface area contributed by atoms with Gasteiger partial charge in [0.2, 0.25) is 5.78 Å². The van der Waals surface area contributed by atoms with Crippen LogP contribution in [0.5, 0.6) is 0 Å². The van der Waals surface area contributed by atoms with Crippen LogP contribution in [0.15, 0.2) is 18.2 Å². The van der Waals surface area contributed by atoms with Gasteiger partial charge >= 0.3 is 5.97 Å². The van der Waals surface area contributed by atoms with E-state index in [4.69, 9.17) is 10.1 Å². The average Bonchev–Trinajstić information content (AvgIpc) is 2.90. The zero-order valence-corrected chi connectivity index (χ0v) is 11.8. The lowest BCUT2D eigenvalue weighted by Crippen LogP contribution is -2.05. The number of carbonyl (C=O) groups is 1. The second-order valence-electron chi connectivity index (χ2n) is 5.05. The number of aliphatic carboxylic acids is 1. The highest BCUT2D eigenvalue weighted by atomic mass is 16.4. The van der Waals surface area contributed by atoms with E-state index in [2.05, 4.69) is 13.0 Å². The third-order valence-corrected chi connectivity index (χ3v) is 3.94. The number of aromatic nitrogens is 3. The van der Waals surface area contributed by atoms with Crippen molar-refractivity contribution in [2.45, 2.75) is 26.7 Å². The number of hydrogen-bond acceptors (Lipinski definition) is 2. The fourth-order valence-corrected chi connectivity index (χ4v) is 2.78. The molecule has 0 spiro atoms. The van der Waals surface area contributed by atoms with E-state index in [1.807, 2.05) is 35.1 Å². The Hall–Kier alpha value is -2.30. The van der Waals surface area contributed by atoms with Gasteiger partial charge in [-0.15, -0.1) is 0 Å². The van der Waals surface area contributed by atoms with Crippen molar-refractivity contribution in [3.8, 4) is 0 Å². The first-order chi connectivity index (χ1) is 9.54. The molecule has 0 saturated heterocycles. The second-order valence-corrected chi connectivity index (χ2v) is 5.05. The van der Waals surface area contributed by atoms with Crippen LogP contribution < -0.4 is 0 Å². The fraction of sp³-hybridized carbons (Fsp3) is 0.333. The van der Waals surface area contributed by atoms with Gasteiger partial charge in [-0.1, -0.05) is 19.1 Å². The summed E-state index contributed by atoms with van der Waals surface area (Å²) in [5.74, 6) is -0.0243. The normalized spacial score (nSPS) is 11.6. The van der Waals surface area contributed by atoms with E-state index in [0.717, 1.165) is 34.6 Å². The number of fused-ring (bicyclic) bond motifs is 3. The van der Waals surface area contributed by atoms with Crippen LogP contribution >= 0.6 is 0 Å². The smallest absolute Gasteiger partial charge is 0.309 e. The van der Waals surface area contributed by atoms with Gasteiger partial charge < -0.3 is 9.67 Å². The van der Waals surface area contributed by atoms with Gasteiger partial charge in [0.05, 0.1) is 23.1 Å². The summed E-state index contributed by atoms with van der Waals surface area (Å²) in [6.45, 7) is 4.03. The lowest BCUT2D eigenvalue weighted by atomic mass is 10.1. The van der Waals surface area contributed by atoms with E-state index in [1.165, 1.54) is 5.56 Å². The van der Waals surface area contributed by atoms with Crippen molar-refractivity contribution in [1.29, 1.82) is 0 Å². The number of nitrogens with zero attached hydrogens (tertiary/aromatic N) is 3. The van der Waals surface area contributed by atoms with Crippen molar-refractivity contribution in [3.63, 3.8) is 0 Å². The van der Waals surface area contributed by atoms with Gasteiger partial charge in [0.15, 0.2) is 0 Å². The highest BCUT2D eigenvalue weighted by Gasteiger charge is 2.19. The van der Waals surface area contributed by atoms with Crippen LogP contribution in [-0.2, 0) is 24.7 Å². The van der Waals surface area contributed by atoms with Crippen LogP contribution in [0.25, 0.3) is 16.8 Å². The first-order valence-electron chi connectivity index (χ1n) is 6.70. The maximum atomic E-state index is 11.1. The van der Waals surface area contributed by atoms with Crippen LogP contribution in [0.3, 0.4) is 0 Å². The third kappa shape index (κ3) is 1.62. The Morgan fingerprint density at radius 2 is 2.15 bits per heavy atom. The molecule has 0 radical (unpaired) electrons. The molecule has 0 bridgehead atoms. The van der Waals surface area contributed by atoms with Crippen LogP contribution in [0.2, 0.25) is 0 Å². The van der Waals surface area contributed by atoms with Gasteiger partial charge in [0.1, 0.15) is 0 Å². The standard InChI is InChI=1S/C15H17N3O2/c1-4-10-6-5-7-11-14(10)16-15-17(3)9(2)12(18(11)15)8-13(19)20/h5-7H,4,8H2,1-3H3,(H,19,20). The molecule has 0 fully saturated rings. The minimum atomic E-state index is -0.825. The molecule has 0 unspecified atom stereocenters. The number of rotatable bonds is 3. The van der Waals surface area contributed by atoms with Gasteiger partial charge in [0.25, 0.3) is 0 Å². The molecule has 0 atom stereocenters. The van der Waals surface area contributed by atoms with E-state index in [-0.39, 0.29) is 6.42 Å². The highest BCUT2D eigenvalue weighted by molar-refractivity contribution is 5.84. The van der Waals surface area contributed by atoms with Gasteiger partial charge in [-0.05, 0) is 25.0 Å². The van der Waals surface area contributed by atoms with E-state index in [9.17, 15) is 4.79 Å². The van der Waals surface area contributed by atoms with Crippen LogP contribution in [0.1, 0.15) is 23.9 Å². The molecular weight excluding hydrogens is 254 g/mol. The Morgan fingerprint density at radius 3 is 2.80 bits per heavy atom. The number of carboxylic acid groups (broad SMARTS) is 1.